The van der Waals surface area contributed by atoms with Crippen LogP contribution in [0.25, 0.3) is 10.9 Å². The van der Waals surface area contributed by atoms with Gasteiger partial charge in [-0.15, -0.1) is 0 Å². The minimum Gasteiger partial charge on any atom is -0.494 e. The van der Waals surface area contributed by atoms with Gasteiger partial charge in [0.15, 0.2) is 0 Å². The van der Waals surface area contributed by atoms with Gasteiger partial charge in [0.2, 0.25) is 0 Å². The molecule has 0 saturated carbocycles. The van der Waals surface area contributed by atoms with Crippen molar-refractivity contribution in [2.24, 2.45) is 0 Å². The minimum absolute atomic E-state index is 0.115. The predicted octanol–water partition coefficient (Wildman–Crippen LogP) is 1.49. The van der Waals surface area contributed by atoms with E-state index < -0.39 is 0 Å². The third-order valence-electron chi connectivity index (χ3n) is 2.30. The van der Waals surface area contributed by atoms with Crippen LogP contribution in [0.4, 0.5) is 0 Å². The van der Waals surface area contributed by atoms with E-state index in [1.807, 2.05) is 6.92 Å². The van der Waals surface area contributed by atoms with Crippen molar-refractivity contribution in [2.75, 3.05) is 7.11 Å². The number of hydrogen-bond acceptors (Lipinski definition) is 3. The summed E-state index contributed by atoms with van der Waals surface area (Å²) in [5.41, 5.74) is 0.511. The summed E-state index contributed by atoms with van der Waals surface area (Å²) in [5.74, 6) is 1.31. The van der Waals surface area contributed by atoms with Crippen LogP contribution >= 0.6 is 0 Å². The van der Waals surface area contributed by atoms with E-state index >= 15 is 0 Å². The molecule has 0 atom stereocenters. The number of ether oxygens (including phenoxy) is 1. The van der Waals surface area contributed by atoms with Gasteiger partial charge in [0.25, 0.3) is 5.56 Å². The van der Waals surface area contributed by atoms with E-state index in [0.29, 0.717) is 28.9 Å². The highest BCUT2D eigenvalue weighted by Crippen LogP contribution is 2.20. The molecule has 0 unspecified atom stereocenters. The Labute approximate surface area is 86.9 Å². The van der Waals surface area contributed by atoms with Gasteiger partial charge in [0.1, 0.15) is 17.1 Å². The monoisotopic (exact) mass is 204 g/mol. The number of methoxy groups -OCH3 is 1. The summed E-state index contributed by atoms with van der Waals surface area (Å²) < 4.78 is 5.17. The van der Waals surface area contributed by atoms with Crippen LogP contribution in [0.3, 0.4) is 0 Å². The van der Waals surface area contributed by atoms with Crippen molar-refractivity contribution in [3.63, 3.8) is 0 Å². The Bertz CT molecular complexity index is 546. The molecular formula is C11H12N2O2. The zero-order chi connectivity index (χ0) is 10.8. The van der Waals surface area contributed by atoms with Gasteiger partial charge in [-0.1, -0.05) is 13.0 Å². The maximum Gasteiger partial charge on any atom is 0.258 e. The number of aromatic nitrogens is 2. The number of aryl methyl sites for hydroxylation is 1. The Kier molecular flexibility index (Phi) is 2.41. The molecule has 1 aromatic carbocycles. The summed E-state index contributed by atoms with van der Waals surface area (Å²) in [5, 5.41) is 0.562. The van der Waals surface area contributed by atoms with Crippen LogP contribution in [0, 0.1) is 0 Å². The van der Waals surface area contributed by atoms with E-state index in [0.717, 1.165) is 0 Å². The van der Waals surface area contributed by atoms with Gasteiger partial charge in [-0.05, 0) is 12.1 Å². The van der Waals surface area contributed by atoms with Crippen molar-refractivity contribution in [2.45, 2.75) is 13.3 Å². The van der Waals surface area contributed by atoms with Crippen molar-refractivity contribution in [1.82, 2.24) is 9.97 Å². The molecule has 0 aliphatic carbocycles. The molecular weight excluding hydrogens is 192 g/mol. The van der Waals surface area contributed by atoms with Crippen LogP contribution in [0.5, 0.6) is 5.75 Å². The normalized spacial score (nSPS) is 10.5. The quantitative estimate of drug-likeness (QED) is 0.806. The van der Waals surface area contributed by atoms with Gasteiger partial charge >= 0.3 is 0 Å². The summed E-state index contributed by atoms with van der Waals surface area (Å²) in [6, 6.07) is 5.32. The number of para-hydroxylation sites is 1. The lowest BCUT2D eigenvalue weighted by Crippen LogP contribution is -2.11. The van der Waals surface area contributed by atoms with E-state index in [9.17, 15) is 4.79 Å². The molecule has 0 aliphatic heterocycles. The number of hydrogen-bond donors (Lipinski definition) is 1. The number of nitrogens with one attached hydrogen (secondary N) is 1. The van der Waals surface area contributed by atoms with Crippen LogP contribution in [0.2, 0.25) is 0 Å². The van der Waals surface area contributed by atoms with E-state index in [-0.39, 0.29) is 5.56 Å². The SMILES string of the molecule is CCc1nc2c(OC)cccc2c(=O)[nH]1. The number of H-pyrrole nitrogens is 1. The molecule has 2 rings (SSSR count). The van der Waals surface area contributed by atoms with Crippen molar-refractivity contribution in [1.29, 1.82) is 0 Å². The average molecular weight is 204 g/mol. The van der Waals surface area contributed by atoms with Crippen molar-refractivity contribution < 1.29 is 4.74 Å². The Morgan fingerprint density at radius 3 is 2.93 bits per heavy atom. The Morgan fingerprint density at radius 2 is 2.27 bits per heavy atom. The molecule has 0 saturated heterocycles. The van der Waals surface area contributed by atoms with Crippen molar-refractivity contribution >= 4 is 10.9 Å². The first-order valence-electron chi connectivity index (χ1n) is 4.82. The summed E-state index contributed by atoms with van der Waals surface area (Å²) in [6.07, 6.45) is 0.698. The molecule has 0 bridgehead atoms. The molecule has 1 heterocycles. The highest BCUT2D eigenvalue weighted by molar-refractivity contribution is 5.83. The number of nitrogens with zero attached hydrogens (tertiary/aromatic N) is 1. The summed E-state index contributed by atoms with van der Waals surface area (Å²) in [7, 11) is 1.57. The maximum absolute atomic E-state index is 11.7. The summed E-state index contributed by atoms with van der Waals surface area (Å²) >= 11 is 0. The minimum atomic E-state index is -0.115. The van der Waals surface area contributed by atoms with Crippen molar-refractivity contribution in [3.05, 3.63) is 34.4 Å². The highest BCUT2D eigenvalue weighted by atomic mass is 16.5. The van der Waals surface area contributed by atoms with Crippen LogP contribution in [0.15, 0.2) is 23.0 Å². The zero-order valence-electron chi connectivity index (χ0n) is 8.70. The van der Waals surface area contributed by atoms with Gasteiger partial charge in [-0.3, -0.25) is 4.79 Å². The van der Waals surface area contributed by atoms with Crippen LogP contribution in [0.1, 0.15) is 12.7 Å². The number of fused-ring (bicyclic) bond motifs is 1. The lowest BCUT2D eigenvalue weighted by Gasteiger charge is -2.04. The van der Waals surface area contributed by atoms with E-state index in [2.05, 4.69) is 9.97 Å². The summed E-state index contributed by atoms with van der Waals surface area (Å²) in [6.45, 7) is 1.94. The first-order chi connectivity index (χ1) is 7.26. The zero-order valence-corrected chi connectivity index (χ0v) is 8.70. The second-order valence-corrected chi connectivity index (χ2v) is 3.22. The topological polar surface area (TPSA) is 55.0 Å². The standard InChI is InChI=1S/C11H12N2O2/c1-3-9-12-10-7(11(14)13-9)5-4-6-8(10)15-2/h4-6H,3H2,1-2H3,(H,12,13,14). The van der Waals surface area contributed by atoms with E-state index in [1.54, 1.807) is 25.3 Å². The Balaban J connectivity index is 2.85. The number of rotatable bonds is 2. The molecule has 0 aliphatic rings. The second kappa shape index (κ2) is 3.73. The van der Waals surface area contributed by atoms with Gasteiger partial charge in [-0.25, -0.2) is 4.98 Å². The number of aromatic amines is 1. The fourth-order valence-corrected chi connectivity index (χ4v) is 1.51. The average Bonchev–Trinajstić information content (AvgIpc) is 2.28. The third kappa shape index (κ3) is 1.58. The highest BCUT2D eigenvalue weighted by Gasteiger charge is 2.06. The molecule has 78 valence electrons. The molecule has 2 aromatic rings. The first kappa shape index (κ1) is 9.71. The summed E-state index contributed by atoms with van der Waals surface area (Å²) in [4.78, 5) is 18.7. The molecule has 0 spiro atoms. The Morgan fingerprint density at radius 1 is 1.47 bits per heavy atom. The smallest absolute Gasteiger partial charge is 0.258 e. The molecule has 1 N–H and O–H groups in total. The largest absolute Gasteiger partial charge is 0.494 e. The lowest BCUT2D eigenvalue weighted by molar-refractivity contribution is 0.418. The Hall–Kier alpha value is -1.84. The molecule has 15 heavy (non-hydrogen) atoms. The lowest BCUT2D eigenvalue weighted by atomic mass is 10.2. The van der Waals surface area contributed by atoms with Crippen LogP contribution < -0.4 is 10.3 Å². The van der Waals surface area contributed by atoms with Crippen molar-refractivity contribution in [3.8, 4) is 5.75 Å². The third-order valence-corrected chi connectivity index (χ3v) is 2.30. The molecule has 4 nitrogen and oxygen atoms in total. The van der Waals surface area contributed by atoms with Gasteiger partial charge in [-0.2, -0.15) is 0 Å². The van der Waals surface area contributed by atoms with Gasteiger partial charge in [0.05, 0.1) is 12.5 Å². The molecule has 0 radical (unpaired) electrons. The van der Waals surface area contributed by atoms with Gasteiger partial charge in [0, 0.05) is 6.42 Å². The fourth-order valence-electron chi connectivity index (χ4n) is 1.51. The van der Waals surface area contributed by atoms with Crippen LogP contribution in [-0.2, 0) is 6.42 Å². The van der Waals surface area contributed by atoms with E-state index in [1.165, 1.54) is 0 Å². The molecule has 4 heteroatoms. The fraction of sp³-hybridized carbons (Fsp3) is 0.273. The van der Waals surface area contributed by atoms with Gasteiger partial charge < -0.3 is 9.72 Å². The first-order valence-corrected chi connectivity index (χ1v) is 4.82. The second-order valence-electron chi connectivity index (χ2n) is 3.22. The molecule has 0 amide bonds. The van der Waals surface area contributed by atoms with E-state index in [4.69, 9.17) is 4.74 Å². The number of benzene rings is 1. The maximum atomic E-state index is 11.7. The van der Waals surface area contributed by atoms with Crippen LogP contribution in [-0.4, -0.2) is 17.1 Å². The predicted molar refractivity (Wildman–Crippen MR) is 58.3 cm³/mol. The molecule has 1 aromatic heterocycles. The molecule has 0 fully saturated rings.